The molecule has 0 aromatic heterocycles. The number of amides is 1. The number of ether oxygens (including phenoxy) is 3. The maximum atomic E-state index is 12.3. The first-order valence-electron chi connectivity index (χ1n) is 6.98. The molecule has 0 aromatic carbocycles. The Kier molecular flexibility index (Phi) is 7.97. The first kappa shape index (κ1) is 16.4. The van der Waals surface area contributed by atoms with Crippen molar-refractivity contribution in [2.24, 2.45) is 5.92 Å². The summed E-state index contributed by atoms with van der Waals surface area (Å²) in [6, 6.07) is -0.212. The zero-order valence-electron chi connectivity index (χ0n) is 12.1. The van der Waals surface area contributed by atoms with Crippen molar-refractivity contribution in [3.63, 3.8) is 0 Å². The summed E-state index contributed by atoms with van der Waals surface area (Å²) < 4.78 is 16.2. The third-order valence-electron chi connectivity index (χ3n) is 3.19. The van der Waals surface area contributed by atoms with Crippen molar-refractivity contribution in [1.82, 2.24) is 4.90 Å². The summed E-state index contributed by atoms with van der Waals surface area (Å²) in [5, 5.41) is 0. The number of hydrogen-bond acceptors (Lipinski definition) is 4. The van der Waals surface area contributed by atoms with E-state index in [4.69, 9.17) is 14.2 Å². The van der Waals surface area contributed by atoms with Crippen molar-refractivity contribution in [2.45, 2.75) is 19.9 Å². The number of quaternary nitrogens is 1. The lowest BCUT2D eigenvalue weighted by atomic mass is 10.0. The predicted molar refractivity (Wildman–Crippen MR) is 70.6 cm³/mol. The van der Waals surface area contributed by atoms with E-state index in [0.29, 0.717) is 52.7 Å². The monoisotopic (exact) mass is 275 g/mol. The molecule has 0 radical (unpaired) electrons. The Morgan fingerprint density at radius 2 is 1.37 bits per heavy atom. The molecule has 1 amide bonds. The van der Waals surface area contributed by atoms with E-state index in [1.165, 1.54) is 0 Å². The Morgan fingerprint density at radius 1 is 0.947 bits per heavy atom. The van der Waals surface area contributed by atoms with Crippen LogP contribution in [0.2, 0.25) is 0 Å². The van der Waals surface area contributed by atoms with E-state index in [-0.39, 0.29) is 17.9 Å². The molecule has 6 nitrogen and oxygen atoms in total. The van der Waals surface area contributed by atoms with Crippen LogP contribution in [-0.4, -0.2) is 69.6 Å². The molecule has 0 aliphatic carbocycles. The number of nitrogens with zero attached hydrogens (tertiary/aromatic N) is 1. The fourth-order valence-corrected chi connectivity index (χ4v) is 1.74. The largest absolute Gasteiger partial charge is 0.377 e. The van der Waals surface area contributed by atoms with Crippen molar-refractivity contribution in [2.75, 3.05) is 52.7 Å². The summed E-state index contributed by atoms with van der Waals surface area (Å²) in [5.41, 5.74) is 3.95. The van der Waals surface area contributed by atoms with Gasteiger partial charge in [0.1, 0.15) is 0 Å². The number of hydrogen-bond donors (Lipinski definition) is 1. The van der Waals surface area contributed by atoms with Crippen LogP contribution >= 0.6 is 0 Å². The van der Waals surface area contributed by atoms with Gasteiger partial charge in [-0.15, -0.1) is 0 Å². The summed E-state index contributed by atoms with van der Waals surface area (Å²) in [7, 11) is 0. The quantitative estimate of drug-likeness (QED) is 0.712. The SMILES string of the molecule is CC(C)[C@@H]([NH3+])C(=O)N1CCOCCOCCOCC1. The molecule has 1 rings (SSSR count). The Bertz CT molecular complexity index is 249. The highest BCUT2D eigenvalue weighted by Gasteiger charge is 2.26. The van der Waals surface area contributed by atoms with Crippen LogP contribution in [0, 0.1) is 5.92 Å². The molecule has 112 valence electrons. The minimum Gasteiger partial charge on any atom is -0.377 e. The van der Waals surface area contributed by atoms with E-state index in [1.54, 1.807) is 4.90 Å². The van der Waals surface area contributed by atoms with Crippen LogP contribution in [0.1, 0.15) is 13.8 Å². The summed E-state index contributed by atoms with van der Waals surface area (Å²) in [6.07, 6.45) is 0. The Balaban J connectivity index is 2.48. The molecule has 0 aromatic rings. The summed E-state index contributed by atoms with van der Waals surface area (Å²) in [6.45, 7) is 8.50. The van der Waals surface area contributed by atoms with Crippen LogP contribution in [0.25, 0.3) is 0 Å². The van der Waals surface area contributed by atoms with E-state index in [9.17, 15) is 4.79 Å². The maximum Gasteiger partial charge on any atom is 0.281 e. The highest BCUT2D eigenvalue weighted by atomic mass is 16.5. The van der Waals surface area contributed by atoms with Gasteiger partial charge in [0.15, 0.2) is 6.04 Å². The lowest BCUT2D eigenvalue weighted by Crippen LogP contribution is -2.70. The molecule has 1 fully saturated rings. The number of carbonyl (C=O) groups is 1. The van der Waals surface area contributed by atoms with Crippen molar-refractivity contribution >= 4 is 5.91 Å². The van der Waals surface area contributed by atoms with Crippen molar-refractivity contribution in [1.29, 1.82) is 0 Å². The molecule has 1 atom stereocenters. The van der Waals surface area contributed by atoms with Gasteiger partial charge in [-0.25, -0.2) is 0 Å². The molecule has 0 unspecified atom stereocenters. The molecule has 19 heavy (non-hydrogen) atoms. The summed E-state index contributed by atoms with van der Waals surface area (Å²) in [4.78, 5) is 14.1. The second-order valence-corrected chi connectivity index (χ2v) is 5.01. The molecular weight excluding hydrogens is 248 g/mol. The topological polar surface area (TPSA) is 75.6 Å². The fraction of sp³-hybridized carbons (Fsp3) is 0.923. The molecule has 1 saturated heterocycles. The van der Waals surface area contributed by atoms with Crippen LogP contribution in [0.3, 0.4) is 0 Å². The number of rotatable bonds is 2. The molecule has 0 bridgehead atoms. The molecular formula is C13H27N2O4+. The lowest BCUT2D eigenvalue weighted by Gasteiger charge is -2.26. The summed E-state index contributed by atoms with van der Waals surface area (Å²) in [5.74, 6) is 0.319. The van der Waals surface area contributed by atoms with Gasteiger partial charge in [-0.05, 0) is 0 Å². The van der Waals surface area contributed by atoms with Crippen LogP contribution in [0.5, 0.6) is 0 Å². The normalized spacial score (nSPS) is 21.6. The van der Waals surface area contributed by atoms with E-state index < -0.39 is 0 Å². The smallest absolute Gasteiger partial charge is 0.281 e. The second-order valence-electron chi connectivity index (χ2n) is 5.01. The van der Waals surface area contributed by atoms with Crippen molar-refractivity contribution in [3.8, 4) is 0 Å². The first-order valence-corrected chi connectivity index (χ1v) is 6.98. The van der Waals surface area contributed by atoms with Crippen LogP contribution < -0.4 is 5.73 Å². The predicted octanol–water partition coefficient (Wildman–Crippen LogP) is -0.855. The first-order chi connectivity index (χ1) is 9.13. The highest BCUT2D eigenvalue weighted by Crippen LogP contribution is 2.02. The second kappa shape index (κ2) is 9.25. The standard InChI is InChI=1S/C13H26N2O4/c1-11(2)12(14)13(16)15-3-5-17-7-9-19-10-8-18-6-4-15/h11-12H,3-10,14H2,1-2H3/p+1/t12-/m1/s1. The zero-order valence-corrected chi connectivity index (χ0v) is 12.1. The Labute approximate surface area is 115 Å². The average molecular weight is 275 g/mol. The average Bonchev–Trinajstić information content (AvgIpc) is 2.37. The van der Waals surface area contributed by atoms with E-state index in [2.05, 4.69) is 5.73 Å². The number of carbonyl (C=O) groups excluding carboxylic acids is 1. The molecule has 0 saturated carbocycles. The van der Waals surface area contributed by atoms with E-state index >= 15 is 0 Å². The Morgan fingerprint density at radius 3 is 1.79 bits per heavy atom. The van der Waals surface area contributed by atoms with Crippen LogP contribution in [-0.2, 0) is 19.0 Å². The van der Waals surface area contributed by atoms with Gasteiger partial charge >= 0.3 is 0 Å². The fourth-order valence-electron chi connectivity index (χ4n) is 1.74. The molecule has 0 spiro atoms. The minimum atomic E-state index is -0.212. The lowest BCUT2D eigenvalue weighted by molar-refractivity contribution is -0.416. The van der Waals surface area contributed by atoms with Gasteiger partial charge in [0, 0.05) is 19.0 Å². The molecule has 3 N–H and O–H groups in total. The maximum absolute atomic E-state index is 12.3. The van der Waals surface area contributed by atoms with Gasteiger partial charge < -0.3 is 24.8 Å². The van der Waals surface area contributed by atoms with Gasteiger partial charge in [-0.1, -0.05) is 13.8 Å². The van der Waals surface area contributed by atoms with Gasteiger partial charge in [-0.3, -0.25) is 4.79 Å². The van der Waals surface area contributed by atoms with Gasteiger partial charge in [-0.2, -0.15) is 0 Å². The van der Waals surface area contributed by atoms with Crippen LogP contribution in [0.15, 0.2) is 0 Å². The molecule has 1 aliphatic heterocycles. The Hall–Kier alpha value is -0.690. The molecule has 1 aliphatic rings. The van der Waals surface area contributed by atoms with E-state index in [0.717, 1.165) is 0 Å². The third-order valence-corrected chi connectivity index (χ3v) is 3.19. The van der Waals surface area contributed by atoms with Gasteiger partial charge in [0.05, 0.1) is 39.6 Å². The summed E-state index contributed by atoms with van der Waals surface area (Å²) >= 11 is 0. The van der Waals surface area contributed by atoms with Gasteiger partial charge in [0.2, 0.25) is 0 Å². The van der Waals surface area contributed by atoms with Crippen molar-refractivity contribution < 1.29 is 24.7 Å². The van der Waals surface area contributed by atoms with Crippen molar-refractivity contribution in [3.05, 3.63) is 0 Å². The third kappa shape index (κ3) is 6.33. The molecule has 1 heterocycles. The molecule has 6 heteroatoms. The minimum absolute atomic E-state index is 0.0792. The van der Waals surface area contributed by atoms with Crippen LogP contribution in [0.4, 0.5) is 0 Å². The van der Waals surface area contributed by atoms with Gasteiger partial charge in [0.25, 0.3) is 5.91 Å². The van der Waals surface area contributed by atoms with E-state index in [1.807, 2.05) is 13.8 Å². The zero-order chi connectivity index (χ0) is 14.1. The highest BCUT2D eigenvalue weighted by molar-refractivity contribution is 5.80.